The molecule has 9 heteroatoms. The lowest BCUT2D eigenvalue weighted by atomic mass is 9.97. The molecular formula is C24H22ClFN4O3. The number of benzene rings is 1. The number of urea groups is 1. The number of aromatic nitrogens is 2. The first-order valence-corrected chi connectivity index (χ1v) is 11.1. The van der Waals surface area contributed by atoms with Gasteiger partial charge in [-0.1, -0.05) is 17.7 Å². The Kier molecular flexibility index (Phi) is 5.54. The summed E-state index contributed by atoms with van der Waals surface area (Å²) in [7, 11) is 0. The van der Waals surface area contributed by atoms with Gasteiger partial charge in [-0.15, -0.1) is 0 Å². The van der Waals surface area contributed by atoms with Crippen molar-refractivity contribution in [3.63, 3.8) is 0 Å². The van der Waals surface area contributed by atoms with Crippen molar-refractivity contribution in [2.75, 3.05) is 16.8 Å². The van der Waals surface area contributed by atoms with E-state index < -0.39 is 11.9 Å². The molecule has 2 aliphatic heterocycles. The topological polar surface area (TPSA) is 76.6 Å². The van der Waals surface area contributed by atoms with Gasteiger partial charge < -0.3 is 14.8 Å². The van der Waals surface area contributed by atoms with Gasteiger partial charge in [0.2, 0.25) is 5.88 Å². The third-order valence-corrected chi connectivity index (χ3v) is 6.21. The van der Waals surface area contributed by atoms with Crippen LogP contribution in [0.5, 0.6) is 11.6 Å². The van der Waals surface area contributed by atoms with E-state index in [0.29, 0.717) is 41.1 Å². The monoisotopic (exact) mass is 468 g/mol. The van der Waals surface area contributed by atoms with E-state index in [1.807, 2.05) is 26.0 Å². The predicted molar refractivity (Wildman–Crippen MR) is 123 cm³/mol. The van der Waals surface area contributed by atoms with Crippen LogP contribution >= 0.6 is 11.6 Å². The van der Waals surface area contributed by atoms with Crippen LogP contribution in [0.4, 0.5) is 20.6 Å². The van der Waals surface area contributed by atoms with Crippen LogP contribution in [-0.4, -0.2) is 22.6 Å². The van der Waals surface area contributed by atoms with E-state index in [2.05, 4.69) is 15.3 Å². The molecule has 0 bridgehead atoms. The van der Waals surface area contributed by atoms with E-state index in [1.165, 1.54) is 12.3 Å². The van der Waals surface area contributed by atoms with E-state index in [1.54, 1.807) is 17.2 Å². The van der Waals surface area contributed by atoms with Gasteiger partial charge in [0.25, 0.3) is 0 Å². The number of rotatable bonds is 4. The highest BCUT2D eigenvalue weighted by Gasteiger charge is 2.32. The van der Waals surface area contributed by atoms with Gasteiger partial charge >= 0.3 is 6.03 Å². The quantitative estimate of drug-likeness (QED) is 0.539. The summed E-state index contributed by atoms with van der Waals surface area (Å²) in [5.74, 6) is 0.570. The molecule has 7 nitrogen and oxygen atoms in total. The van der Waals surface area contributed by atoms with Crippen molar-refractivity contribution < 1.29 is 18.7 Å². The minimum atomic E-state index is -0.487. The van der Waals surface area contributed by atoms with Crippen molar-refractivity contribution in [2.45, 2.75) is 39.3 Å². The molecule has 1 aromatic carbocycles. The second-order valence-corrected chi connectivity index (χ2v) is 8.38. The molecule has 0 aliphatic carbocycles. The molecule has 2 amide bonds. The number of carbonyl (C=O) groups excluding carboxylic acids is 1. The molecule has 4 heterocycles. The average molecular weight is 469 g/mol. The summed E-state index contributed by atoms with van der Waals surface area (Å²) < 4.78 is 26.0. The van der Waals surface area contributed by atoms with Gasteiger partial charge in [-0.05, 0) is 49.9 Å². The molecule has 1 N–H and O–H groups in total. The van der Waals surface area contributed by atoms with Crippen molar-refractivity contribution >= 4 is 29.0 Å². The molecule has 33 heavy (non-hydrogen) atoms. The molecule has 2 aromatic heterocycles. The Morgan fingerprint density at radius 3 is 3.00 bits per heavy atom. The van der Waals surface area contributed by atoms with E-state index >= 15 is 0 Å². The normalized spacial score (nSPS) is 17.0. The second kappa shape index (κ2) is 8.51. The SMILES string of the molecule is CCOc1ncc(Cl)c2c1NC(=O)N(c1cc3c(cc1C)CCC(c1ncccc1F)O3)C2. The largest absolute Gasteiger partial charge is 0.484 e. The summed E-state index contributed by atoms with van der Waals surface area (Å²) in [5.41, 5.74) is 4.13. The molecule has 0 spiro atoms. The summed E-state index contributed by atoms with van der Waals surface area (Å²) in [6, 6.07) is 6.46. The number of hydrogen-bond acceptors (Lipinski definition) is 5. The van der Waals surface area contributed by atoms with Crippen LogP contribution in [0, 0.1) is 12.7 Å². The van der Waals surface area contributed by atoms with Crippen LogP contribution in [0.25, 0.3) is 0 Å². The smallest absolute Gasteiger partial charge is 0.326 e. The van der Waals surface area contributed by atoms with Gasteiger partial charge in [0.15, 0.2) is 0 Å². The summed E-state index contributed by atoms with van der Waals surface area (Å²) >= 11 is 6.41. The maximum atomic E-state index is 14.3. The minimum Gasteiger partial charge on any atom is -0.484 e. The van der Waals surface area contributed by atoms with Crippen molar-refractivity contribution in [2.24, 2.45) is 0 Å². The van der Waals surface area contributed by atoms with Gasteiger partial charge in [0.05, 0.1) is 30.1 Å². The zero-order chi connectivity index (χ0) is 23.1. The zero-order valence-electron chi connectivity index (χ0n) is 18.2. The van der Waals surface area contributed by atoms with Gasteiger partial charge in [0, 0.05) is 17.8 Å². The van der Waals surface area contributed by atoms with Crippen LogP contribution in [0.2, 0.25) is 5.02 Å². The van der Waals surface area contributed by atoms with Crippen LogP contribution in [0.3, 0.4) is 0 Å². The number of pyridine rings is 2. The predicted octanol–water partition coefficient (Wildman–Crippen LogP) is 5.59. The number of carbonyl (C=O) groups is 1. The molecule has 3 aromatic rings. The summed E-state index contributed by atoms with van der Waals surface area (Å²) in [6.45, 7) is 4.46. The number of hydrogen-bond donors (Lipinski definition) is 1. The summed E-state index contributed by atoms with van der Waals surface area (Å²) in [4.78, 5) is 23.0. The first kappa shape index (κ1) is 21.5. The van der Waals surface area contributed by atoms with Crippen LogP contribution in [0.15, 0.2) is 36.7 Å². The molecule has 5 rings (SSSR count). The van der Waals surface area contributed by atoms with Gasteiger partial charge in [-0.25, -0.2) is 14.2 Å². The second-order valence-electron chi connectivity index (χ2n) is 7.98. The fourth-order valence-corrected chi connectivity index (χ4v) is 4.50. The standard InChI is InChI=1S/C24H22ClFN4O3/c1-3-32-23-21-15(16(25)11-28-23)12-30(24(31)29-21)18-10-20-14(9-13(18)2)6-7-19(33-20)22-17(26)5-4-8-27-22/h4-5,8-11,19H,3,6-7,12H2,1-2H3,(H,29,31). The zero-order valence-corrected chi connectivity index (χ0v) is 18.9. The van der Waals surface area contributed by atoms with E-state index in [9.17, 15) is 9.18 Å². The average Bonchev–Trinajstić information content (AvgIpc) is 2.81. The molecule has 1 unspecified atom stereocenters. The van der Waals surface area contributed by atoms with Crippen molar-refractivity contribution in [3.05, 3.63) is 69.9 Å². The Morgan fingerprint density at radius 2 is 2.21 bits per heavy atom. The molecule has 170 valence electrons. The summed E-state index contributed by atoms with van der Waals surface area (Å²) in [6.07, 6.45) is 3.94. The number of aryl methyl sites for hydroxylation is 2. The lowest BCUT2D eigenvalue weighted by Crippen LogP contribution is -2.39. The highest BCUT2D eigenvalue weighted by atomic mass is 35.5. The van der Waals surface area contributed by atoms with E-state index in [-0.39, 0.29) is 18.3 Å². The molecule has 2 aliphatic rings. The van der Waals surface area contributed by atoms with Gasteiger partial charge in [-0.3, -0.25) is 9.88 Å². The highest BCUT2D eigenvalue weighted by molar-refractivity contribution is 6.32. The molecule has 0 fully saturated rings. The first-order valence-electron chi connectivity index (χ1n) is 10.8. The van der Waals surface area contributed by atoms with Crippen LogP contribution < -0.4 is 19.7 Å². The highest BCUT2D eigenvalue weighted by Crippen LogP contribution is 2.42. The Morgan fingerprint density at radius 1 is 1.36 bits per heavy atom. The third kappa shape index (κ3) is 3.84. The Hall–Kier alpha value is -3.39. The maximum Gasteiger partial charge on any atom is 0.326 e. The number of amides is 2. The fourth-order valence-electron chi connectivity index (χ4n) is 4.29. The molecule has 0 saturated heterocycles. The summed E-state index contributed by atoms with van der Waals surface area (Å²) in [5, 5.41) is 3.31. The Balaban J connectivity index is 1.49. The minimum absolute atomic E-state index is 0.251. The lowest BCUT2D eigenvalue weighted by Gasteiger charge is -2.33. The molecule has 0 radical (unpaired) electrons. The van der Waals surface area contributed by atoms with Gasteiger partial charge in [-0.2, -0.15) is 0 Å². The number of nitrogens with one attached hydrogen (secondary N) is 1. The molecular weight excluding hydrogens is 447 g/mol. The lowest BCUT2D eigenvalue weighted by molar-refractivity contribution is 0.167. The molecule has 0 saturated carbocycles. The van der Waals surface area contributed by atoms with E-state index in [4.69, 9.17) is 21.1 Å². The maximum absolute atomic E-state index is 14.3. The van der Waals surface area contributed by atoms with Crippen LogP contribution in [0.1, 0.15) is 41.8 Å². The fraction of sp³-hybridized carbons (Fsp3) is 0.292. The number of ether oxygens (including phenoxy) is 2. The number of fused-ring (bicyclic) bond motifs is 2. The van der Waals surface area contributed by atoms with Crippen molar-refractivity contribution in [1.82, 2.24) is 9.97 Å². The Labute approximate surface area is 195 Å². The van der Waals surface area contributed by atoms with Crippen LogP contribution in [-0.2, 0) is 13.0 Å². The number of nitrogens with zero attached hydrogens (tertiary/aromatic N) is 3. The van der Waals surface area contributed by atoms with Crippen molar-refractivity contribution in [1.29, 1.82) is 0 Å². The first-order chi connectivity index (χ1) is 16.0. The molecule has 1 atom stereocenters. The Bertz CT molecular complexity index is 1250. The number of halogens is 2. The van der Waals surface area contributed by atoms with E-state index in [0.717, 1.165) is 23.1 Å². The number of anilines is 2. The van der Waals surface area contributed by atoms with Crippen molar-refractivity contribution in [3.8, 4) is 11.6 Å². The van der Waals surface area contributed by atoms with Gasteiger partial charge in [0.1, 0.15) is 29.1 Å². The third-order valence-electron chi connectivity index (χ3n) is 5.88.